The molecule has 5 aromatic rings. The lowest BCUT2D eigenvalue weighted by atomic mass is 9.98. The van der Waals surface area contributed by atoms with Crippen LogP contribution in [0.3, 0.4) is 0 Å². The zero-order valence-corrected chi connectivity index (χ0v) is 23.6. The van der Waals surface area contributed by atoms with Crippen LogP contribution in [0.25, 0.3) is 33.6 Å². The molecule has 0 N–H and O–H groups in total. The van der Waals surface area contributed by atoms with E-state index >= 15 is 0 Å². The minimum Gasteiger partial charge on any atom is -0.528 e. The predicted octanol–water partition coefficient (Wildman–Crippen LogP) is 6.05. The summed E-state index contributed by atoms with van der Waals surface area (Å²) in [5, 5.41) is 15.3. The van der Waals surface area contributed by atoms with Gasteiger partial charge in [-0.2, -0.15) is 5.16 Å². The molecule has 2 heterocycles. The van der Waals surface area contributed by atoms with Crippen LogP contribution in [-0.2, 0) is 19.4 Å². The Bertz CT molecular complexity index is 1670. The molecule has 0 fully saturated rings. The van der Waals surface area contributed by atoms with Gasteiger partial charge < -0.3 is 14.4 Å². The lowest BCUT2D eigenvalue weighted by Crippen LogP contribution is -2.29. The van der Waals surface area contributed by atoms with Crippen molar-refractivity contribution in [1.82, 2.24) is 19.7 Å². The van der Waals surface area contributed by atoms with Gasteiger partial charge in [0.05, 0.1) is 24.4 Å². The summed E-state index contributed by atoms with van der Waals surface area (Å²) in [6, 6.07) is 23.3. The zero-order chi connectivity index (χ0) is 28.8. The number of benzene rings is 3. The van der Waals surface area contributed by atoms with Crippen LogP contribution < -0.4 is 15.4 Å². The predicted molar refractivity (Wildman–Crippen MR) is 157 cm³/mol. The molecule has 0 unspecified atom stereocenters. The van der Waals surface area contributed by atoms with Gasteiger partial charge in [-0.25, -0.2) is 9.97 Å². The van der Waals surface area contributed by atoms with E-state index < -0.39 is 6.08 Å². The quantitative estimate of drug-likeness (QED) is 0.197. The fourth-order valence-electron chi connectivity index (χ4n) is 4.93. The third kappa shape index (κ3) is 6.06. The van der Waals surface area contributed by atoms with Crippen LogP contribution in [-0.4, -0.2) is 26.3 Å². The maximum absolute atomic E-state index is 14.0. The molecule has 0 radical (unpaired) electrons. The SMILES string of the molecule is CCCOc1ccc(-c2c(CC)nc(CCC)n(Cc3ccc(-c4ccccc4-c4noc([O-])n4)cc3)c2=O)cc1. The Morgan fingerprint density at radius 3 is 2.20 bits per heavy atom. The topological polar surface area (TPSA) is 106 Å². The molecule has 0 aliphatic rings. The highest BCUT2D eigenvalue weighted by atomic mass is 16.6. The third-order valence-electron chi connectivity index (χ3n) is 6.93. The summed E-state index contributed by atoms with van der Waals surface area (Å²) in [5.74, 6) is 1.84. The van der Waals surface area contributed by atoms with Crippen molar-refractivity contribution in [2.45, 2.75) is 53.0 Å². The lowest BCUT2D eigenvalue weighted by molar-refractivity contribution is -0.303. The summed E-state index contributed by atoms with van der Waals surface area (Å²) < 4.78 is 12.2. The lowest BCUT2D eigenvalue weighted by Gasteiger charge is -2.17. The molecule has 0 spiro atoms. The molecule has 0 amide bonds. The monoisotopic (exact) mass is 549 g/mol. The summed E-state index contributed by atoms with van der Waals surface area (Å²) in [7, 11) is 0. The molecule has 210 valence electrons. The summed E-state index contributed by atoms with van der Waals surface area (Å²) in [6.45, 7) is 7.26. The Morgan fingerprint density at radius 2 is 1.56 bits per heavy atom. The number of aryl methyl sites for hydroxylation is 2. The van der Waals surface area contributed by atoms with Crippen molar-refractivity contribution >= 4 is 0 Å². The van der Waals surface area contributed by atoms with Gasteiger partial charge in [0.25, 0.3) is 5.56 Å². The smallest absolute Gasteiger partial charge is 0.261 e. The summed E-state index contributed by atoms with van der Waals surface area (Å²) in [4.78, 5) is 22.9. The van der Waals surface area contributed by atoms with Gasteiger partial charge >= 0.3 is 0 Å². The Balaban J connectivity index is 1.49. The van der Waals surface area contributed by atoms with Crippen molar-refractivity contribution in [2.75, 3.05) is 6.61 Å². The maximum atomic E-state index is 14.0. The number of rotatable bonds is 11. The van der Waals surface area contributed by atoms with Crippen molar-refractivity contribution in [2.24, 2.45) is 0 Å². The summed E-state index contributed by atoms with van der Waals surface area (Å²) in [5.41, 5.74) is 5.76. The van der Waals surface area contributed by atoms with Gasteiger partial charge in [0.2, 0.25) is 0 Å². The van der Waals surface area contributed by atoms with Crippen LogP contribution in [0.5, 0.6) is 11.8 Å². The molecule has 8 heteroatoms. The van der Waals surface area contributed by atoms with Crippen LogP contribution >= 0.6 is 0 Å². The molecular weight excluding hydrogens is 516 g/mol. The van der Waals surface area contributed by atoms with Crippen molar-refractivity contribution in [1.29, 1.82) is 0 Å². The highest BCUT2D eigenvalue weighted by Gasteiger charge is 2.18. The van der Waals surface area contributed by atoms with Crippen molar-refractivity contribution in [3.63, 3.8) is 0 Å². The minimum absolute atomic E-state index is 0.0394. The van der Waals surface area contributed by atoms with Gasteiger partial charge in [0, 0.05) is 12.0 Å². The van der Waals surface area contributed by atoms with Crippen LogP contribution in [0.1, 0.15) is 50.7 Å². The van der Waals surface area contributed by atoms with E-state index in [1.807, 2.05) is 79.7 Å². The van der Waals surface area contributed by atoms with Gasteiger partial charge in [0.1, 0.15) is 11.6 Å². The average Bonchev–Trinajstić information content (AvgIpc) is 3.44. The van der Waals surface area contributed by atoms with Crippen LogP contribution in [0.15, 0.2) is 82.1 Å². The number of hydrogen-bond donors (Lipinski definition) is 0. The summed E-state index contributed by atoms with van der Waals surface area (Å²) >= 11 is 0. The molecule has 5 rings (SSSR count). The molecule has 0 atom stereocenters. The Kier molecular flexibility index (Phi) is 8.58. The molecule has 8 nitrogen and oxygen atoms in total. The fourth-order valence-corrected chi connectivity index (χ4v) is 4.93. The second kappa shape index (κ2) is 12.6. The van der Waals surface area contributed by atoms with Gasteiger partial charge in [-0.1, -0.05) is 81.4 Å². The largest absolute Gasteiger partial charge is 0.528 e. The fraction of sp³-hybridized carbons (Fsp3) is 0.273. The first-order valence-corrected chi connectivity index (χ1v) is 14.1. The first-order valence-electron chi connectivity index (χ1n) is 14.1. The van der Waals surface area contributed by atoms with E-state index in [0.29, 0.717) is 37.1 Å². The van der Waals surface area contributed by atoms with Crippen LogP contribution in [0, 0.1) is 0 Å². The van der Waals surface area contributed by atoms with E-state index in [1.165, 1.54) is 0 Å². The molecule has 2 aromatic heterocycles. The Labute approximate surface area is 239 Å². The second-order valence-electron chi connectivity index (χ2n) is 9.84. The third-order valence-corrected chi connectivity index (χ3v) is 6.93. The number of ether oxygens (including phenoxy) is 1. The number of hydrogen-bond acceptors (Lipinski definition) is 7. The van der Waals surface area contributed by atoms with E-state index in [4.69, 9.17) is 9.72 Å². The first kappa shape index (κ1) is 27.8. The first-order chi connectivity index (χ1) is 20.0. The van der Waals surface area contributed by atoms with E-state index in [-0.39, 0.29) is 11.4 Å². The van der Waals surface area contributed by atoms with Crippen molar-refractivity contribution < 1.29 is 14.4 Å². The van der Waals surface area contributed by atoms with Crippen molar-refractivity contribution in [3.05, 3.63) is 100 Å². The molecule has 3 aromatic carbocycles. The number of nitrogens with zero attached hydrogens (tertiary/aromatic N) is 4. The van der Waals surface area contributed by atoms with E-state index in [2.05, 4.69) is 28.5 Å². The maximum Gasteiger partial charge on any atom is 0.261 e. The van der Waals surface area contributed by atoms with Gasteiger partial charge in [0.15, 0.2) is 11.9 Å². The standard InChI is InChI=1S/C33H34N4O4/c1-4-9-29-34-28(6-3)30(24-16-18-25(19-17-24)40-20-5-2)32(38)37(29)21-22-12-14-23(15-13-22)26-10-7-8-11-27(26)31-35-33(39)41-36-31/h7-8,10-19H,4-6,9,20-21H2,1-3H3,(H,35,36,39)/p-1. The van der Waals surface area contributed by atoms with Crippen molar-refractivity contribution in [3.8, 4) is 45.5 Å². The molecular formula is C33H33N4O4-. The van der Waals surface area contributed by atoms with Crippen LogP contribution in [0.4, 0.5) is 0 Å². The number of aromatic nitrogens is 4. The van der Waals surface area contributed by atoms with Gasteiger partial charge in [-0.3, -0.25) is 9.36 Å². The Morgan fingerprint density at radius 1 is 0.854 bits per heavy atom. The average molecular weight is 550 g/mol. The summed E-state index contributed by atoms with van der Waals surface area (Å²) in [6.07, 6.45) is 2.48. The Hall–Kier alpha value is -4.72. The van der Waals surface area contributed by atoms with Gasteiger partial charge in [-0.15, -0.1) is 0 Å². The molecule has 0 saturated carbocycles. The molecule has 0 aliphatic carbocycles. The normalized spacial score (nSPS) is 11.1. The van der Waals surface area contributed by atoms with E-state index in [1.54, 1.807) is 4.57 Å². The highest BCUT2D eigenvalue weighted by molar-refractivity contribution is 5.80. The zero-order valence-electron chi connectivity index (χ0n) is 23.6. The molecule has 0 aliphatic heterocycles. The second-order valence-corrected chi connectivity index (χ2v) is 9.84. The molecule has 0 saturated heterocycles. The van der Waals surface area contributed by atoms with Gasteiger partial charge in [-0.05, 0) is 53.6 Å². The van der Waals surface area contributed by atoms with Crippen LogP contribution in [0.2, 0.25) is 0 Å². The molecule has 0 bridgehead atoms. The highest BCUT2D eigenvalue weighted by Crippen LogP contribution is 2.31. The molecule has 41 heavy (non-hydrogen) atoms. The van der Waals surface area contributed by atoms with E-state index in [9.17, 15) is 9.90 Å². The van der Waals surface area contributed by atoms with E-state index in [0.717, 1.165) is 52.4 Å². The minimum atomic E-state index is -0.721.